The van der Waals surface area contributed by atoms with Gasteiger partial charge in [0.15, 0.2) is 0 Å². The third kappa shape index (κ3) is 6.46. The van der Waals surface area contributed by atoms with E-state index in [1.807, 2.05) is 86.6 Å². The molecule has 1 atom stereocenters. The number of amides is 2. The molecule has 0 aliphatic carbocycles. The van der Waals surface area contributed by atoms with Gasteiger partial charge in [0, 0.05) is 22.7 Å². The minimum atomic E-state index is -0.426. The Labute approximate surface area is 188 Å². The zero-order valence-corrected chi connectivity index (χ0v) is 19.0. The number of benzene rings is 3. The quantitative estimate of drug-likeness (QED) is 0.399. The number of anilines is 2. The lowest BCUT2D eigenvalue weighted by Gasteiger charge is -2.18. The highest BCUT2D eigenvalue weighted by molar-refractivity contribution is 8.00. The lowest BCUT2D eigenvalue weighted by atomic mass is 10.1. The van der Waals surface area contributed by atoms with Gasteiger partial charge in [-0.2, -0.15) is 0 Å². The smallest absolute Gasteiger partial charge is 0.242 e. The summed E-state index contributed by atoms with van der Waals surface area (Å²) in [7, 11) is 0. The molecule has 0 radical (unpaired) electrons. The predicted octanol–water partition coefficient (Wildman–Crippen LogP) is 6.51. The van der Waals surface area contributed by atoms with Crippen LogP contribution in [-0.2, 0) is 9.59 Å². The number of carbonyl (C=O) groups is 2. The van der Waals surface area contributed by atoms with Crippen LogP contribution in [0.25, 0.3) is 0 Å². The van der Waals surface area contributed by atoms with Crippen LogP contribution in [0.1, 0.15) is 41.7 Å². The molecule has 0 saturated heterocycles. The van der Waals surface area contributed by atoms with Crippen LogP contribution in [0.2, 0.25) is 0 Å². The Hall–Kier alpha value is -3.05. The topological polar surface area (TPSA) is 58.2 Å². The van der Waals surface area contributed by atoms with Crippen LogP contribution in [0.5, 0.6) is 0 Å². The number of hydrogen-bond acceptors (Lipinski definition) is 3. The van der Waals surface area contributed by atoms with Gasteiger partial charge in [-0.25, -0.2) is 0 Å². The van der Waals surface area contributed by atoms with Crippen LogP contribution in [0.4, 0.5) is 11.4 Å². The minimum Gasteiger partial charge on any atom is -0.326 e. The van der Waals surface area contributed by atoms with E-state index in [0.29, 0.717) is 6.42 Å². The highest BCUT2D eigenvalue weighted by Crippen LogP contribution is 2.37. The number of hydrogen-bond donors (Lipinski definition) is 2. The molecule has 0 saturated carbocycles. The van der Waals surface area contributed by atoms with E-state index in [0.717, 1.165) is 33.8 Å². The van der Waals surface area contributed by atoms with Crippen molar-refractivity contribution in [3.05, 3.63) is 89.5 Å². The van der Waals surface area contributed by atoms with Crippen molar-refractivity contribution < 1.29 is 9.59 Å². The van der Waals surface area contributed by atoms with Gasteiger partial charge in [0.2, 0.25) is 11.8 Å². The van der Waals surface area contributed by atoms with E-state index < -0.39 is 5.25 Å². The van der Waals surface area contributed by atoms with Gasteiger partial charge in [-0.3, -0.25) is 9.59 Å². The van der Waals surface area contributed by atoms with Crippen molar-refractivity contribution in [2.75, 3.05) is 10.6 Å². The number of rotatable bonds is 8. The maximum Gasteiger partial charge on any atom is 0.242 e. The first-order chi connectivity index (χ1) is 15.0. The summed E-state index contributed by atoms with van der Waals surface area (Å²) in [4.78, 5) is 26.1. The zero-order chi connectivity index (χ0) is 22.2. The number of thioether (sulfide) groups is 1. The Morgan fingerprint density at radius 1 is 0.839 bits per heavy atom. The molecular formula is C26H28N2O2S. The van der Waals surface area contributed by atoms with Crippen molar-refractivity contribution in [1.29, 1.82) is 0 Å². The fourth-order valence-electron chi connectivity index (χ4n) is 3.16. The summed E-state index contributed by atoms with van der Waals surface area (Å²) in [6, 6.07) is 23.3. The van der Waals surface area contributed by atoms with Crippen LogP contribution in [0, 0.1) is 13.8 Å². The number of nitrogens with one attached hydrogen (secondary N) is 2. The highest BCUT2D eigenvalue weighted by atomic mass is 32.2. The van der Waals surface area contributed by atoms with Crippen LogP contribution in [-0.4, -0.2) is 11.8 Å². The minimum absolute atomic E-state index is 0.00302. The molecule has 0 bridgehead atoms. The molecule has 3 aromatic carbocycles. The zero-order valence-electron chi connectivity index (χ0n) is 18.1. The maximum atomic E-state index is 13.3. The Bertz CT molecular complexity index is 1050. The first-order valence-electron chi connectivity index (χ1n) is 10.5. The summed E-state index contributed by atoms with van der Waals surface area (Å²) in [5.41, 5.74) is 4.78. The van der Waals surface area contributed by atoms with Crippen LogP contribution < -0.4 is 10.6 Å². The van der Waals surface area contributed by atoms with E-state index >= 15 is 0 Å². The van der Waals surface area contributed by atoms with Gasteiger partial charge in [-0.15, -0.1) is 11.8 Å². The summed E-state index contributed by atoms with van der Waals surface area (Å²) in [5, 5.41) is 5.56. The monoisotopic (exact) mass is 432 g/mol. The molecule has 0 aliphatic rings. The third-order valence-corrected chi connectivity index (χ3v) is 6.21. The maximum absolute atomic E-state index is 13.3. The third-order valence-electron chi connectivity index (χ3n) is 4.96. The van der Waals surface area contributed by atoms with Crippen molar-refractivity contribution in [2.24, 2.45) is 0 Å². The second-order valence-electron chi connectivity index (χ2n) is 7.52. The standard InChI is InChI=1S/C26H28N2O2S/c1-4-9-24(29)27-21-12-8-13-23(17-21)31-25(20-10-6-5-7-11-20)26(30)28-22-15-14-18(2)19(3)16-22/h5-8,10-17,25H,4,9H2,1-3H3,(H,27,29)(H,28,30). The van der Waals surface area contributed by atoms with Crippen molar-refractivity contribution in [3.8, 4) is 0 Å². The van der Waals surface area contributed by atoms with Gasteiger partial charge in [-0.1, -0.05) is 49.4 Å². The summed E-state index contributed by atoms with van der Waals surface area (Å²) in [6.07, 6.45) is 1.29. The molecule has 4 nitrogen and oxygen atoms in total. The molecule has 3 rings (SSSR count). The van der Waals surface area contributed by atoms with Crippen LogP contribution >= 0.6 is 11.8 Å². The lowest BCUT2D eigenvalue weighted by molar-refractivity contribution is -0.116. The predicted molar refractivity (Wildman–Crippen MR) is 130 cm³/mol. The molecule has 2 amide bonds. The van der Waals surface area contributed by atoms with Gasteiger partial charge in [0.25, 0.3) is 0 Å². The molecule has 160 valence electrons. The van der Waals surface area contributed by atoms with E-state index in [2.05, 4.69) is 17.6 Å². The van der Waals surface area contributed by atoms with Crippen molar-refractivity contribution in [3.63, 3.8) is 0 Å². The normalized spacial score (nSPS) is 11.6. The lowest BCUT2D eigenvalue weighted by Crippen LogP contribution is -2.19. The molecule has 5 heteroatoms. The molecule has 31 heavy (non-hydrogen) atoms. The summed E-state index contributed by atoms with van der Waals surface area (Å²) in [5.74, 6) is -0.0865. The van der Waals surface area contributed by atoms with Gasteiger partial charge in [-0.05, 0) is 67.3 Å². The van der Waals surface area contributed by atoms with Gasteiger partial charge in [0.1, 0.15) is 5.25 Å². The van der Waals surface area contributed by atoms with E-state index in [9.17, 15) is 9.59 Å². The molecule has 0 aliphatic heterocycles. The van der Waals surface area contributed by atoms with Gasteiger partial charge in [0.05, 0.1) is 0 Å². The summed E-state index contributed by atoms with van der Waals surface area (Å²) < 4.78 is 0. The van der Waals surface area contributed by atoms with E-state index in [-0.39, 0.29) is 11.8 Å². The second-order valence-corrected chi connectivity index (χ2v) is 8.70. The second kappa shape index (κ2) is 10.8. The van der Waals surface area contributed by atoms with Crippen molar-refractivity contribution in [1.82, 2.24) is 0 Å². The number of aryl methyl sites for hydroxylation is 2. The SMILES string of the molecule is CCCC(=O)Nc1cccc(SC(C(=O)Nc2ccc(C)c(C)c2)c2ccccc2)c1. The van der Waals surface area contributed by atoms with Crippen LogP contribution in [0.3, 0.4) is 0 Å². The molecule has 0 spiro atoms. The largest absolute Gasteiger partial charge is 0.326 e. The van der Waals surface area contributed by atoms with E-state index in [4.69, 9.17) is 0 Å². The van der Waals surface area contributed by atoms with Gasteiger partial charge < -0.3 is 10.6 Å². The Balaban J connectivity index is 1.82. The molecule has 3 aromatic rings. The molecule has 0 aromatic heterocycles. The van der Waals surface area contributed by atoms with Crippen molar-refractivity contribution in [2.45, 2.75) is 43.8 Å². The first kappa shape index (κ1) is 22.6. The average molecular weight is 433 g/mol. The van der Waals surface area contributed by atoms with E-state index in [1.54, 1.807) is 0 Å². The molecule has 0 heterocycles. The van der Waals surface area contributed by atoms with Gasteiger partial charge >= 0.3 is 0 Å². The Kier molecular flexibility index (Phi) is 7.90. The molecule has 2 N–H and O–H groups in total. The highest BCUT2D eigenvalue weighted by Gasteiger charge is 2.22. The average Bonchev–Trinajstić information content (AvgIpc) is 2.75. The molecule has 1 unspecified atom stereocenters. The van der Waals surface area contributed by atoms with Crippen LogP contribution in [0.15, 0.2) is 77.7 Å². The molecule has 0 fully saturated rings. The first-order valence-corrected chi connectivity index (χ1v) is 11.3. The number of carbonyl (C=O) groups excluding carboxylic acids is 2. The molecular weight excluding hydrogens is 404 g/mol. The fourth-order valence-corrected chi connectivity index (χ4v) is 4.25. The van der Waals surface area contributed by atoms with Crippen molar-refractivity contribution >= 4 is 35.0 Å². The summed E-state index contributed by atoms with van der Waals surface area (Å²) >= 11 is 1.47. The fraction of sp³-hybridized carbons (Fsp3) is 0.231. The Morgan fingerprint density at radius 3 is 2.29 bits per heavy atom. The van der Waals surface area contributed by atoms with E-state index in [1.165, 1.54) is 17.3 Å². The summed E-state index contributed by atoms with van der Waals surface area (Å²) in [6.45, 7) is 6.06. The Morgan fingerprint density at radius 2 is 1.58 bits per heavy atom.